The second kappa shape index (κ2) is 7.32. The molecule has 0 heterocycles. The number of carbonyl (C=O) groups is 1. The average Bonchev–Trinajstić information content (AvgIpc) is 2.83. The molecule has 0 amide bonds. The van der Waals surface area contributed by atoms with Crippen molar-refractivity contribution in [1.29, 1.82) is 0 Å². The van der Waals surface area contributed by atoms with E-state index in [4.69, 9.17) is 0 Å². The molecule has 0 spiro atoms. The summed E-state index contributed by atoms with van der Waals surface area (Å²) in [6.07, 6.45) is 14.0. The second-order valence-electron chi connectivity index (χ2n) is 9.60. The Balaban J connectivity index is 2.18. The summed E-state index contributed by atoms with van der Waals surface area (Å²) in [7, 11) is 0. The standard InChI is InChI=1S/C22H38O2/c1-6-7-14-21(4,15-9-13-20(2,3)24)19-12-11-17-18(23)10-8-16-22(17,19)5/h6-7,17,19,24H,8-16H2,1-5H3/b7-6-/t17?,19-,21+,22+/m1/s1. The Morgan fingerprint density at radius 1 is 1.25 bits per heavy atom. The highest BCUT2D eigenvalue weighted by Gasteiger charge is 2.55. The Bertz CT molecular complexity index is 473. The summed E-state index contributed by atoms with van der Waals surface area (Å²) >= 11 is 0. The lowest BCUT2D eigenvalue weighted by atomic mass is 9.56. The maximum Gasteiger partial charge on any atom is 0.136 e. The van der Waals surface area contributed by atoms with Gasteiger partial charge in [0.25, 0.3) is 0 Å². The molecule has 138 valence electrons. The van der Waals surface area contributed by atoms with Crippen molar-refractivity contribution in [2.75, 3.05) is 0 Å². The number of aliphatic hydroxyl groups is 1. The number of Topliss-reactive ketones (excluding diaryl/α,β-unsaturated/α-hetero) is 1. The minimum absolute atomic E-state index is 0.195. The summed E-state index contributed by atoms with van der Waals surface area (Å²) in [5.41, 5.74) is -0.149. The minimum Gasteiger partial charge on any atom is -0.390 e. The number of ketones is 1. The number of rotatable bonds is 7. The van der Waals surface area contributed by atoms with Gasteiger partial charge in [-0.05, 0) is 82.5 Å². The van der Waals surface area contributed by atoms with Gasteiger partial charge in [-0.1, -0.05) is 32.4 Å². The highest BCUT2D eigenvalue weighted by Crippen LogP contribution is 2.61. The molecule has 2 aliphatic rings. The van der Waals surface area contributed by atoms with Gasteiger partial charge in [0, 0.05) is 12.3 Å². The van der Waals surface area contributed by atoms with Gasteiger partial charge in [0.1, 0.15) is 5.78 Å². The summed E-state index contributed by atoms with van der Waals surface area (Å²) in [5.74, 6) is 1.45. The molecule has 4 atom stereocenters. The van der Waals surface area contributed by atoms with E-state index in [1.165, 1.54) is 12.8 Å². The van der Waals surface area contributed by atoms with Crippen molar-refractivity contribution in [1.82, 2.24) is 0 Å². The topological polar surface area (TPSA) is 37.3 Å². The van der Waals surface area contributed by atoms with Gasteiger partial charge in [-0.15, -0.1) is 0 Å². The third kappa shape index (κ3) is 4.12. The first-order valence-corrected chi connectivity index (χ1v) is 9.99. The lowest BCUT2D eigenvalue weighted by Crippen LogP contribution is -2.43. The number of carbonyl (C=O) groups excluding carboxylic acids is 1. The first kappa shape index (κ1) is 19.7. The maximum atomic E-state index is 12.5. The molecule has 2 heteroatoms. The fourth-order valence-corrected chi connectivity index (χ4v) is 5.81. The monoisotopic (exact) mass is 334 g/mol. The van der Waals surface area contributed by atoms with Gasteiger partial charge < -0.3 is 5.11 Å². The molecule has 2 nitrogen and oxygen atoms in total. The van der Waals surface area contributed by atoms with Gasteiger partial charge in [-0.2, -0.15) is 0 Å². The summed E-state index contributed by atoms with van der Waals surface area (Å²) in [6, 6.07) is 0. The van der Waals surface area contributed by atoms with Crippen LogP contribution in [0.4, 0.5) is 0 Å². The van der Waals surface area contributed by atoms with Crippen molar-refractivity contribution in [2.24, 2.45) is 22.7 Å². The molecule has 2 fully saturated rings. The first-order valence-electron chi connectivity index (χ1n) is 9.99. The Kier molecular flexibility index (Phi) is 6.00. The highest BCUT2D eigenvalue weighted by molar-refractivity contribution is 5.83. The van der Waals surface area contributed by atoms with Crippen molar-refractivity contribution in [3.8, 4) is 0 Å². The normalized spacial score (nSPS) is 33.7. The minimum atomic E-state index is -0.579. The molecule has 0 aliphatic heterocycles. The molecule has 0 aromatic carbocycles. The zero-order valence-electron chi connectivity index (χ0n) is 16.5. The van der Waals surface area contributed by atoms with Crippen LogP contribution in [-0.2, 0) is 4.79 Å². The molecular weight excluding hydrogens is 296 g/mol. The van der Waals surface area contributed by atoms with Crippen LogP contribution >= 0.6 is 0 Å². The SMILES string of the molecule is C/C=C\C[C@@](C)(CCCC(C)(C)O)[C@H]1CCC2C(=O)CCC[C@@]21C. The largest absolute Gasteiger partial charge is 0.390 e. The Hall–Kier alpha value is -0.630. The molecule has 1 N–H and O–H groups in total. The highest BCUT2D eigenvalue weighted by atomic mass is 16.3. The fourth-order valence-electron chi connectivity index (χ4n) is 5.81. The van der Waals surface area contributed by atoms with Crippen LogP contribution in [0.15, 0.2) is 12.2 Å². The van der Waals surface area contributed by atoms with E-state index < -0.39 is 5.60 Å². The van der Waals surface area contributed by atoms with Crippen LogP contribution in [0.25, 0.3) is 0 Å². The van der Waals surface area contributed by atoms with Gasteiger partial charge in [0.2, 0.25) is 0 Å². The summed E-state index contributed by atoms with van der Waals surface area (Å²) in [5, 5.41) is 10.1. The zero-order valence-corrected chi connectivity index (χ0v) is 16.5. The third-order valence-electron chi connectivity index (χ3n) is 7.06. The Morgan fingerprint density at radius 3 is 2.58 bits per heavy atom. The molecule has 2 saturated carbocycles. The van der Waals surface area contributed by atoms with Crippen molar-refractivity contribution in [3.05, 3.63) is 12.2 Å². The van der Waals surface area contributed by atoms with Crippen LogP contribution < -0.4 is 0 Å². The fraction of sp³-hybridized carbons (Fsp3) is 0.864. The van der Waals surface area contributed by atoms with Crippen molar-refractivity contribution in [3.63, 3.8) is 0 Å². The third-order valence-corrected chi connectivity index (χ3v) is 7.06. The molecule has 2 rings (SSSR count). The second-order valence-corrected chi connectivity index (χ2v) is 9.60. The molecule has 2 aliphatic carbocycles. The molecule has 0 aromatic rings. The lowest BCUT2D eigenvalue weighted by Gasteiger charge is -2.48. The molecular formula is C22H38O2. The van der Waals surface area contributed by atoms with E-state index in [9.17, 15) is 9.90 Å². The van der Waals surface area contributed by atoms with Crippen molar-refractivity contribution < 1.29 is 9.90 Å². The lowest BCUT2D eigenvalue weighted by molar-refractivity contribution is -0.131. The van der Waals surface area contributed by atoms with E-state index in [0.717, 1.165) is 44.9 Å². The van der Waals surface area contributed by atoms with Crippen LogP contribution in [0.1, 0.15) is 92.4 Å². The predicted octanol–water partition coefficient (Wildman–Crippen LogP) is 5.69. The average molecular weight is 335 g/mol. The van der Waals surface area contributed by atoms with Crippen LogP contribution in [0.3, 0.4) is 0 Å². The summed E-state index contributed by atoms with van der Waals surface area (Å²) in [6.45, 7) is 10.7. The molecule has 0 saturated heterocycles. The van der Waals surface area contributed by atoms with E-state index in [-0.39, 0.29) is 10.8 Å². The number of hydrogen-bond donors (Lipinski definition) is 1. The van der Waals surface area contributed by atoms with Crippen LogP contribution in [0.5, 0.6) is 0 Å². The maximum absolute atomic E-state index is 12.5. The van der Waals surface area contributed by atoms with E-state index in [1.54, 1.807) is 0 Å². The van der Waals surface area contributed by atoms with Crippen molar-refractivity contribution >= 4 is 5.78 Å². The van der Waals surface area contributed by atoms with E-state index >= 15 is 0 Å². The van der Waals surface area contributed by atoms with Crippen LogP contribution in [-0.4, -0.2) is 16.5 Å². The van der Waals surface area contributed by atoms with E-state index in [0.29, 0.717) is 17.6 Å². The van der Waals surface area contributed by atoms with Gasteiger partial charge >= 0.3 is 0 Å². The Morgan fingerprint density at radius 2 is 1.96 bits per heavy atom. The van der Waals surface area contributed by atoms with Crippen molar-refractivity contribution in [2.45, 2.75) is 98.0 Å². The molecule has 1 unspecified atom stereocenters. The molecule has 24 heavy (non-hydrogen) atoms. The smallest absolute Gasteiger partial charge is 0.136 e. The summed E-state index contributed by atoms with van der Waals surface area (Å²) in [4.78, 5) is 12.5. The first-order chi connectivity index (χ1) is 11.1. The van der Waals surface area contributed by atoms with Crippen LogP contribution in [0.2, 0.25) is 0 Å². The number of allylic oxidation sites excluding steroid dienone is 2. The zero-order chi connectivity index (χ0) is 18.0. The van der Waals surface area contributed by atoms with E-state index in [2.05, 4.69) is 32.9 Å². The van der Waals surface area contributed by atoms with Gasteiger partial charge in [-0.25, -0.2) is 0 Å². The quantitative estimate of drug-likeness (QED) is 0.608. The molecule has 0 aromatic heterocycles. The van der Waals surface area contributed by atoms with Crippen LogP contribution in [0, 0.1) is 22.7 Å². The summed E-state index contributed by atoms with van der Waals surface area (Å²) < 4.78 is 0. The number of hydrogen-bond acceptors (Lipinski definition) is 2. The van der Waals surface area contributed by atoms with E-state index in [1.807, 2.05) is 13.8 Å². The van der Waals surface area contributed by atoms with Gasteiger partial charge in [-0.3, -0.25) is 4.79 Å². The molecule has 0 bridgehead atoms. The molecule has 0 radical (unpaired) electrons. The van der Waals surface area contributed by atoms with Gasteiger partial charge in [0.15, 0.2) is 0 Å². The Labute approximate surface area is 149 Å². The number of fused-ring (bicyclic) bond motifs is 1. The van der Waals surface area contributed by atoms with Gasteiger partial charge in [0.05, 0.1) is 5.60 Å². The predicted molar refractivity (Wildman–Crippen MR) is 101 cm³/mol.